The van der Waals surface area contributed by atoms with Crippen LogP contribution in [-0.4, -0.2) is 17.7 Å². The van der Waals surface area contributed by atoms with Crippen molar-refractivity contribution in [2.75, 3.05) is 6.61 Å². The number of benzene rings is 3. The van der Waals surface area contributed by atoms with Gasteiger partial charge in [0.2, 0.25) is 0 Å². The van der Waals surface area contributed by atoms with E-state index >= 15 is 0 Å². The number of hydrogen-bond donors (Lipinski definition) is 1. The summed E-state index contributed by atoms with van der Waals surface area (Å²) >= 11 is 5.84. The van der Waals surface area contributed by atoms with Gasteiger partial charge in [-0.15, -0.1) is 0 Å². The van der Waals surface area contributed by atoms with E-state index in [0.717, 1.165) is 12.1 Å². The standard InChI is InChI=1S/C23H16ClF3O4/c24-17-10-11-21(20(13-17)22(28)29)31-19-5-1-4-18(14-19)30-12-2-3-15-6-8-16(9-7-15)23(25,26)27/h1-11,13-14H,12H2,(H,28,29)/b3-2+. The monoisotopic (exact) mass is 448 g/mol. The molecule has 3 rings (SSSR count). The Morgan fingerprint density at radius 1 is 1.00 bits per heavy atom. The van der Waals surface area contributed by atoms with Crippen LogP contribution in [0.5, 0.6) is 17.2 Å². The van der Waals surface area contributed by atoms with Crippen molar-refractivity contribution in [1.29, 1.82) is 0 Å². The average Bonchev–Trinajstić information content (AvgIpc) is 2.72. The van der Waals surface area contributed by atoms with Crippen LogP contribution in [0, 0.1) is 0 Å². The summed E-state index contributed by atoms with van der Waals surface area (Å²) in [5, 5.41) is 9.57. The average molecular weight is 449 g/mol. The highest BCUT2D eigenvalue weighted by atomic mass is 35.5. The molecule has 0 bridgehead atoms. The Morgan fingerprint density at radius 3 is 2.39 bits per heavy atom. The molecule has 4 nitrogen and oxygen atoms in total. The molecule has 0 amide bonds. The van der Waals surface area contributed by atoms with Crippen LogP contribution in [0.2, 0.25) is 5.02 Å². The Labute approximate surface area is 181 Å². The number of alkyl halides is 3. The van der Waals surface area contributed by atoms with E-state index in [1.54, 1.807) is 36.4 Å². The third-order valence-corrected chi connectivity index (χ3v) is 4.33. The van der Waals surface area contributed by atoms with E-state index in [4.69, 9.17) is 21.1 Å². The molecule has 0 aliphatic carbocycles. The van der Waals surface area contributed by atoms with Gasteiger partial charge in [0, 0.05) is 11.1 Å². The molecule has 0 aromatic heterocycles. The molecule has 8 heteroatoms. The molecule has 0 atom stereocenters. The lowest BCUT2D eigenvalue weighted by Crippen LogP contribution is -2.03. The SMILES string of the molecule is O=C(O)c1cc(Cl)ccc1Oc1cccc(OC/C=C/c2ccc(C(F)(F)F)cc2)c1. The van der Waals surface area contributed by atoms with Crippen LogP contribution in [-0.2, 0) is 6.18 Å². The summed E-state index contributed by atoms with van der Waals surface area (Å²) in [5.41, 5.74) is -0.166. The summed E-state index contributed by atoms with van der Waals surface area (Å²) in [6.45, 7) is 0.172. The first-order valence-corrected chi connectivity index (χ1v) is 9.37. The minimum absolute atomic E-state index is 0.0710. The summed E-state index contributed by atoms with van der Waals surface area (Å²) in [6, 6.07) is 15.7. The molecule has 3 aromatic rings. The quantitative estimate of drug-likeness (QED) is 0.425. The molecule has 0 heterocycles. The Morgan fingerprint density at radius 2 is 1.71 bits per heavy atom. The number of ether oxygens (including phenoxy) is 2. The second kappa shape index (κ2) is 9.57. The normalized spacial score (nSPS) is 11.5. The molecule has 0 saturated heterocycles. The molecule has 3 aromatic carbocycles. The fourth-order valence-corrected chi connectivity index (χ4v) is 2.80. The third-order valence-electron chi connectivity index (χ3n) is 4.10. The molecule has 160 valence electrons. The number of carbonyl (C=O) groups is 1. The number of aromatic carboxylic acids is 1. The van der Waals surface area contributed by atoms with Crippen molar-refractivity contribution in [3.63, 3.8) is 0 Å². The van der Waals surface area contributed by atoms with Gasteiger partial charge < -0.3 is 14.6 Å². The molecule has 1 N–H and O–H groups in total. The first-order chi connectivity index (χ1) is 14.7. The first-order valence-electron chi connectivity index (χ1n) is 9.00. The van der Waals surface area contributed by atoms with Gasteiger partial charge in [0.1, 0.15) is 29.4 Å². The highest BCUT2D eigenvalue weighted by Gasteiger charge is 2.29. The van der Waals surface area contributed by atoms with Crippen LogP contribution < -0.4 is 9.47 Å². The van der Waals surface area contributed by atoms with Crippen LogP contribution in [0.4, 0.5) is 13.2 Å². The Kier molecular flexibility index (Phi) is 6.87. The first kappa shape index (κ1) is 22.2. The van der Waals surface area contributed by atoms with Crippen molar-refractivity contribution in [2.45, 2.75) is 6.18 Å². The molecule has 0 unspecified atom stereocenters. The van der Waals surface area contributed by atoms with Crippen molar-refractivity contribution in [2.24, 2.45) is 0 Å². The topological polar surface area (TPSA) is 55.8 Å². The van der Waals surface area contributed by atoms with Gasteiger partial charge in [-0.1, -0.05) is 35.9 Å². The van der Waals surface area contributed by atoms with Gasteiger partial charge in [0.05, 0.1) is 5.56 Å². The van der Waals surface area contributed by atoms with E-state index in [-0.39, 0.29) is 22.9 Å². The number of hydrogen-bond acceptors (Lipinski definition) is 3. The Hall–Kier alpha value is -3.45. The van der Waals surface area contributed by atoms with Crippen LogP contribution in [0.25, 0.3) is 6.08 Å². The van der Waals surface area contributed by atoms with Crippen LogP contribution in [0.3, 0.4) is 0 Å². The molecule has 31 heavy (non-hydrogen) atoms. The maximum absolute atomic E-state index is 12.6. The van der Waals surface area contributed by atoms with Gasteiger partial charge in [-0.2, -0.15) is 13.2 Å². The maximum Gasteiger partial charge on any atom is 0.416 e. The molecule has 0 aliphatic rings. The summed E-state index contributed by atoms with van der Waals surface area (Å²) in [4.78, 5) is 11.4. The third kappa shape index (κ3) is 6.26. The largest absolute Gasteiger partial charge is 0.489 e. The van der Waals surface area contributed by atoms with Crippen LogP contribution >= 0.6 is 11.6 Å². The van der Waals surface area contributed by atoms with Gasteiger partial charge >= 0.3 is 12.1 Å². The van der Waals surface area contributed by atoms with Gasteiger partial charge in [-0.3, -0.25) is 0 Å². The lowest BCUT2D eigenvalue weighted by Gasteiger charge is -2.10. The maximum atomic E-state index is 12.6. The lowest BCUT2D eigenvalue weighted by atomic mass is 10.1. The molecule has 0 fully saturated rings. The second-order valence-electron chi connectivity index (χ2n) is 6.36. The highest BCUT2D eigenvalue weighted by Crippen LogP contribution is 2.30. The minimum Gasteiger partial charge on any atom is -0.489 e. The van der Waals surface area contributed by atoms with Crippen molar-refractivity contribution in [3.05, 3.63) is 94.5 Å². The number of halogens is 4. The van der Waals surface area contributed by atoms with Crippen molar-refractivity contribution < 1.29 is 32.5 Å². The van der Waals surface area contributed by atoms with Crippen molar-refractivity contribution in [3.8, 4) is 17.2 Å². The predicted molar refractivity (Wildman–Crippen MR) is 111 cm³/mol. The molecule has 0 saturated carbocycles. The van der Waals surface area contributed by atoms with E-state index < -0.39 is 17.7 Å². The highest BCUT2D eigenvalue weighted by molar-refractivity contribution is 6.31. The van der Waals surface area contributed by atoms with Gasteiger partial charge in [0.15, 0.2) is 0 Å². The second-order valence-corrected chi connectivity index (χ2v) is 6.79. The summed E-state index contributed by atoms with van der Waals surface area (Å²) < 4.78 is 49.0. The fraction of sp³-hybridized carbons (Fsp3) is 0.0870. The summed E-state index contributed by atoms with van der Waals surface area (Å²) in [5.74, 6) is -0.191. The fourth-order valence-electron chi connectivity index (χ4n) is 2.62. The summed E-state index contributed by atoms with van der Waals surface area (Å²) in [7, 11) is 0. The lowest BCUT2D eigenvalue weighted by molar-refractivity contribution is -0.137. The molecular formula is C23H16ClF3O4. The van der Waals surface area contributed by atoms with E-state index in [2.05, 4.69) is 0 Å². The molecular weight excluding hydrogens is 433 g/mol. The molecule has 0 spiro atoms. The zero-order valence-electron chi connectivity index (χ0n) is 15.9. The van der Waals surface area contributed by atoms with E-state index in [1.165, 1.54) is 30.3 Å². The van der Waals surface area contributed by atoms with Gasteiger partial charge in [-0.05, 0) is 54.1 Å². The minimum atomic E-state index is -4.37. The number of carboxylic acid groups (broad SMARTS) is 1. The smallest absolute Gasteiger partial charge is 0.416 e. The van der Waals surface area contributed by atoms with E-state index in [1.807, 2.05) is 0 Å². The van der Waals surface area contributed by atoms with Gasteiger partial charge in [-0.25, -0.2) is 4.79 Å². The zero-order valence-corrected chi connectivity index (χ0v) is 16.7. The van der Waals surface area contributed by atoms with Gasteiger partial charge in [0.25, 0.3) is 0 Å². The zero-order chi connectivity index (χ0) is 22.4. The number of carboxylic acids is 1. The van der Waals surface area contributed by atoms with Crippen molar-refractivity contribution >= 4 is 23.6 Å². The van der Waals surface area contributed by atoms with E-state index in [0.29, 0.717) is 17.1 Å². The summed E-state index contributed by atoms with van der Waals surface area (Å²) in [6.07, 6.45) is -1.05. The van der Waals surface area contributed by atoms with Crippen molar-refractivity contribution in [1.82, 2.24) is 0 Å². The van der Waals surface area contributed by atoms with Crippen LogP contribution in [0.1, 0.15) is 21.5 Å². The predicted octanol–water partition coefficient (Wildman–Crippen LogP) is 6.94. The van der Waals surface area contributed by atoms with E-state index in [9.17, 15) is 23.1 Å². The molecule has 0 aliphatic heterocycles. The molecule has 0 radical (unpaired) electrons. The number of rotatable bonds is 7. The Balaban J connectivity index is 1.61. The Bertz CT molecular complexity index is 1090. The van der Waals surface area contributed by atoms with Crippen LogP contribution in [0.15, 0.2) is 72.8 Å².